The van der Waals surface area contributed by atoms with E-state index in [0.29, 0.717) is 6.42 Å². The third-order valence-corrected chi connectivity index (χ3v) is 4.98. The second kappa shape index (κ2) is 7.70. The highest BCUT2D eigenvalue weighted by Gasteiger charge is 2.19. The van der Waals surface area contributed by atoms with Gasteiger partial charge < -0.3 is 4.74 Å². The molecule has 0 aliphatic heterocycles. The fourth-order valence-corrected chi connectivity index (χ4v) is 3.33. The highest BCUT2D eigenvalue weighted by molar-refractivity contribution is 7.98. The Labute approximate surface area is 151 Å². The molecule has 0 heterocycles. The summed E-state index contributed by atoms with van der Waals surface area (Å²) in [5, 5.41) is 0. The van der Waals surface area contributed by atoms with E-state index in [1.807, 2.05) is 12.3 Å². The Morgan fingerprint density at radius 3 is 2.60 bits per heavy atom. The summed E-state index contributed by atoms with van der Waals surface area (Å²) in [5.74, 6) is -0.530. The minimum absolute atomic E-state index is 0.260. The Kier molecular flexibility index (Phi) is 5.39. The highest BCUT2D eigenvalue weighted by Crippen LogP contribution is 2.39. The lowest BCUT2D eigenvalue weighted by Gasteiger charge is -2.05. The van der Waals surface area contributed by atoms with Crippen LogP contribution in [-0.2, 0) is 9.53 Å². The van der Waals surface area contributed by atoms with Crippen molar-refractivity contribution in [2.24, 2.45) is 0 Å². The first-order chi connectivity index (χ1) is 12.1. The van der Waals surface area contributed by atoms with Gasteiger partial charge in [0, 0.05) is 11.3 Å². The van der Waals surface area contributed by atoms with E-state index in [0.717, 1.165) is 27.8 Å². The van der Waals surface area contributed by atoms with Gasteiger partial charge in [-0.15, -0.1) is 11.8 Å². The van der Waals surface area contributed by atoms with Gasteiger partial charge in [0.1, 0.15) is 5.82 Å². The first-order valence-corrected chi connectivity index (χ1v) is 9.26. The molecular formula is C21H19FO2S. The zero-order valence-electron chi connectivity index (χ0n) is 14.2. The molecule has 0 saturated heterocycles. The van der Waals surface area contributed by atoms with Crippen LogP contribution >= 0.6 is 11.8 Å². The predicted octanol–water partition coefficient (Wildman–Crippen LogP) is 5.44. The maximum absolute atomic E-state index is 13.7. The van der Waals surface area contributed by atoms with Gasteiger partial charge in [-0.2, -0.15) is 0 Å². The Morgan fingerprint density at radius 2 is 1.92 bits per heavy atom. The average molecular weight is 354 g/mol. The van der Waals surface area contributed by atoms with Crippen molar-refractivity contribution in [1.29, 1.82) is 0 Å². The molecule has 25 heavy (non-hydrogen) atoms. The molecule has 0 saturated carbocycles. The summed E-state index contributed by atoms with van der Waals surface area (Å²) in [5.41, 5.74) is 4.94. The highest BCUT2D eigenvalue weighted by atomic mass is 32.2. The summed E-state index contributed by atoms with van der Waals surface area (Å²) in [6.07, 6.45) is 6.99. The van der Waals surface area contributed by atoms with Crippen molar-refractivity contribution in [3.8, 4) is 0 Å². The van der Waals surface area contributed by atoms with Crippen molar-refractivity contribution >= 4 is 35.0 Å². The molecule has 0 atom stereocenters. The molecule has 0 fully saturated rings. The Morgan fingerprint density at radius 1 is 1.16 bits per heavy atom. The monoisotopic (exact) mass is 354 g/mol. The molecule has 0 radical (unpaired) electrons. The van der Waals surface area contributed by atoms with Gasteiger partial charge >= 0.3 is 5.97 Å². The molecule has 128 valence electrons. The molecule has 0 N–H and O–H groups in total. The van der Waals surface area contributed by atoms with Crippen LogP contribution in [0.5, 0.6) is 0 Å². The van der Waals surface area contributed by atoms with E-state index in [-0.39, 0.29) is 18.2 Å². The zero-order valence-corrected chi connectivity index (χ0v) is 15.0. The SMILES string of the molecule is COC(=O)CCC1=CC(=Cc2ccc(SC)cc2)c2ccc(F)cc21. The number of allylic oxidation sites excluding steroid dienone is 3. The van der Waals surface area contributed by atoms with Crippen LogP contribution in [0.2, 0.25) is 0 Å². The lowest BCUT2D eigenvalue weighted by Crippen LogP contribution is -2.00. The van der Waals surface area contributed by atoms with E-state index in [1.54, 1.807) is 17.8 Å². The lowest BCUT2D eigenvalue weighted by molar-refractivity contribution is -0.140. The molecule has 0 bridgehead atoms. The number of fused-ring (bicyclic) bond motifs is 1. The van der Waals surface area contributed by atoms with Crippen LogP contribution in [0.15, 0.2) is 53.4 Å². The second-order valence-corrected chi connectivity index (χ2v) is 6.69. The van der Waals surface area contributed by atoms with Gasteiger partial charge in [-0.05, 0) is 70.9 Å². The van der Waals surface area contributed by atoms with E-state index in [2.05, 4.69) is 30.3 Å². The van der Waals surface area contributed by atoms with Crippen LogP contribution < -0.4 is 0 Å². The molecule has 1 aliphatic carbocycles. The molecule has 3 rings (SSSR count). The van der Waals surface area contributed by atoms with Crippen LogP contribution in [0.1, 0.15) is 29.5 Å². The van der Waals surface area contributed by atoms with Gasteiger partial charge in [0.15, 0.2) is 0 Å². The number of hydrogen-bond acceptors (Lipinski definition) is 3. The number of halogens is 1. The van der Waals surface area contributed by atoms with Crippen molar-refractivity contribution in [3.05, 3.63) is 71.0 Å². The maximum Gasteiger partial charge on any atom is 0.305 e. The molecule has 0 spiro atoms. The largest absolute Gasteiger partial charge is 0.469 e. The summed E-state index contributed by atoms with van der Waals surface area (Å²) < 4.78 is 18.4. The minimum atomic E-state index is -0.270. The fraction of sp³-hybridized carbons (Fsp3) is 0.190. The third kappa shape index (κ3) is 4.02. The van der Waals surface area contributed by atoms with Gasteiger partial charge in [-0.3, -0.25) is 4.79 Å². The van der Waals surface area contributed by atoms with Crippen molar-refractivity contribution in [3.63, 3.8) is 0 Å². The Hall–Kier alpha value is -2.33. The fourth-order valence-electron chi connectivity index (χ4n) is 2.92. The van der Waals surface area contributed by atoms with E-state index in [4.69, 9.17) is 4.74 Å². The molecule has 0 unspecified atom stereocenters. The van der Waals surface area contributed by atoms with Crippen LogP contribution in [0.4, 0.5) is 4.39 Å². The van der Waals surface area contributed by atoms with Gasteiger partial charge in [0.25, 0.3) is 0 Å². The number of hydrogen-bond donors (Lipinski definition) is 0. The molecule has 2 nitrogen and oxygen atoms in total. The number of carbonyl (C=O) groups is 1. The van der Waals surface area contributed by atoms with E-state index in [9.17, 15) is 9.18 Å². The van der Waals surface area contributed by atoms with Gasteiger partial charge in [0.2, 0.25) is 0 Å². The van der Waals surface area contributed by atoms with Crippen LogP contribution in [-0.4, -0.2) is 19.3 Å². The number of esters is 1. The number of carbonyl (C=O) groups excluding carboxylic acids is 1. The quantitative estimate of drug-likeness (QED) is 0.528. The molecule has 2 aromatic rings. The minimum Gasteiger partial charge on any atom is -0.469 e. The molecule has 4 heteroatoms. The summed E-state index contributed by atoms with van der Waals surface area (Å²) in [6.45, 7) is 0. The summed E-state index contributed by atoms with van der Waals surface area (Å²) >= 11 is 1.70. The summed E-state index contributed by atoms with van der Waals surface area (Å²) in [4.78, 5) is 12.7. The Balaban J connectivity index is 1.94. The van der Waals surface area contributed by atoms with E-state index >= 15 is 0 Å². The van der Waals surface area contributed by atoms with Crippen LogP contribution in [0.25, 0.3) is 17.2 Å². The van der Waals surface area contributed by atoms with E-state index in [1.165, 1.54) is 24.1 Å². The normalized spacial score (nSPS) is 14.4. The van der Waals surface area contributed by atoms with Crippen molar-refractivity contribution < 1.29 is 13.9 Å². The van der Waals surface area contributed by atoms with Crippen molar-refractivity contribution in [1.82, 2.24) is 0 Å². The number of thioether (sulfide) groups is 1. The first-order valence-electron chi connectivity index (χ1n) is 8.04. The van der Waals surface area contributed by atoms with E-state index < -0.39 is 0 Å². The van der Waals surface area contributed by atoms with Crippen LogP contribution in [0.3, 0.4) is 0 Å². The standard InChI is InChI=1S/C21H19FO2S/c1-24-21(23)10-5-15-12-16(19-9-6-17(22)13-20(15)19)11-14-3-7-18(25-2)8-4-14/h3-4,6-9,11-13H,5,10H2,1-2H3. The van der Waals surface area contributed by atoms with Gasteiger partial charge in [-0.1, -0.05) is 24.3 Å². The number of rotatable bonds is 5. The summed E-state index contributed by atoms with van der Waals surface area (Å²) in [7, 11) is 1.38. The zero-order chi connectivity index (χ0) is 17.8. The number of methoxy groups -OCH3 is 1. The van der Waals surface area contributed by atoms with Crippen molar-refractivity contribution in [2.45, 2.75) is 17.7 Å². The average Bonchev–Trinajstić information content (AvgIpc) is 2.97. The first kappa shape index (κ1) is 17.5. The number of ether oxygens (including phenoxy) is 1. The smallest absolute Gasteiger partial charge is 0.305 e. The molecule has 1 aliphatic rings. The molecule has 2 aromatic carbocycles. The third-order valence-electron chi connectivity index (χ3n) is 4.23. The Bertz CT molecular complexity index is 851. The van der Waals surface area contributed by atoms with Gasteiger partial charge in [-0.25, -0.2) is 4.39 Å². The molecular weight excluding hydrogens is 335 g/mol. The second-order valence-electron chi connectivity index (χ2n) is 5.81. The maximum atomic E-state index is 13.7. The summed E-state index contributed by atoms with van der Waals surface area (Å²) in [6, 6.07) is 13.1. The molecule has 0 amide bonds. The van der Waals surface area contributed by atoms with Crippen molar-refractivity contribution in [2.75, 3.05) is 13.4 Å². The van der Waals surface area contributed by atoms with Crippen LogP contribution in [0, 0.1) is 5.82 Å². The topological polar surface area (TPSA) is 26.3 Å². The lowest BCUT2D eigenvalue weighted by atomic mass is 10.0. The number of benzene rings is 2. The predicted molar refractivity (Wildman–Crippen MR) is 102 cm³/mol. The molecule has 0 aromatic heterocycles. The van der Waals surface area contributed by atoms with Gasteiger partial charge in [0.05, 0.1) is 7.11 Å².